The number of anilines is 1. The molecule has 0 saturated heterocycles. The van der Waals surface area contributed by atoms with Crippen LogP contribution in [-0.2, 0) is 28.5 Å². The molecule has 1 aromatic heterocycles. The number of benzene rings is 1. The summed E-state index contributed by atoms with van der Waals surface area (Å²) in [5.41, 5.74) is 1.77. The summed E-state index contributed by atoms with van der Waals surface area (Å²) in [5.74, 6) is 0.400. The fourth-order valence-electron chi connectivity index (χ4n) is 2.83. The Balaban J connectivity index is 2.04. The van der Waals surface area contributed by atoms with Crippen molar-refractivity contribution >= 4 is 17.6 Å². The third-order valence-corrected chi connectivity index (χ3v) is 4.58. The minimum atomic E-state index is -0.207. The highest BCUT2D eigenvalue weighted by Crippen LogP contribution is 2.23. The predicted octanol–water partition coefficient (Wildman–Crippen LogP) is 3.53. The molecule has 28 heavy (non-hydrogen) atoms. The van der Waals surface area contributed by atoms with E-state index in [9.17, 15) is 9.59 Å². The van der Waals surface area contributed by atoms with Gasteiger partial charge in [0.05, 0.1) is 18.7 Å². The van der Waals surface area contributed by atoms with E-state index in [0.717, 1.165) is 24.1 Å². The lowest BCUT2D eigenvalue weighted by atomic mass is 9.92. The average molecular weight is 385 g/mol. The predicted molar refractivity (Wildman–Crippen MR) is 112 cm³/mol. The van der Waals surface area contributed by atoms with Gasteiger partial charge in [-0.3, -0.25) is 14.3 Å². The van der Waals surface area contributed by atoms with Crippen LogP contribution in [0.1, 0.15) is 51.8 Å². The van der Waals surface area contributed by atoms with Crippen molar-refractivity contribution in [1.29, 1.82) is 0 Å². The number of carbonyl (C=O) groups excluding carboxylic acids is 2. The van der Waals surface area contributed by atoms with Crippen LogP contribution in [0.2, 0.25) is 0 Å². The molecule has 0 atom stereocenters. The average Bonchev–Trinajstić information content (AvgIpc) is 3.00. The van der Waals surface area contributed by atoms with E-state index >= 15 is 0 Å². The van der Waals surface area contributed by atoms with Crippen molar-refractivity contribution in [1.82, 2.24) is 14.7 Å². The summed E-state index contributed by atoms with van der Waals surface area (Å²) >= 11 is 0. The second kappa shape index (κ2) is 9.53. The Kier molecular flexibility index (Phi) is 7.38. The van der Waals surface area contributed by atoms with Gasteiger partial charge in [-0.2, -0.15) is 5.10 Å². The van der Waals surface area contributed by atoms with Gasteiger partial charge in [-0.15, -0.1) is 0 Å². The van der Waals surface area contributed by atoms with E-state index in [4.69, 9.17) is 0 Å². The summed E-state index contributed by atoms with van der Waals surface area (Å²) < 4.78 is 1.67. The number of amides is 2. The highest BCUT2D eigenvalue weighted by Gasteiger charge is 2.21. The van der Waals surface area contributed by atoms with Crippen molar-refractivity contribution < 1.29 is 9.59 Å². The first-order valence-electron chi connectivity index (χ1n) is 9.86. The highest BCUT2D eigenvalue weighted by molar-refractivity contribution is 5.94. The smallest absolute Gasteiger partial charge is 0.245 e. The molecule has 2 aromatic rings. The number of rotatable bonds is 8. The minimum absolute atomic E-state index is 0.0322. The Morgan fingerprint density at radius 1 is 1.18 bits per heavy atom. The zero-order valence-corrected chi connectivity index (χ0v) is 17.7. The van der Waals surface area contributed by atoms with E-state index in [-0.39, 0.29) is 23.8 Å². The van der Waals surface area contributed by atoms with E-state index in [0.29, 0.717) is 18.8 Å². The number of hydrogen-bond donors (Lipinski definition) is 1. The summed E-state index contributed by atoms with van der Waals surface area (Å²) in [4.78, 5) is 27.0. The summed E-state index contributed by atoms with van der Waals surface area (Å²) in [6.07, 6.45) is 2.14. The topological polar surface area (TPSA) is 67.2 Å². The molecule has 0 saturated carbocycles. The number of nitrogens with one attached hydrogen (secondary N) is 1. The molecule has 0 fully saturated rings. The van der Waals surface area contributed by atoms with Gasteiger partial charge in [0.2, 0.25) is 11.8 Å². The normalized spacial score (nSPS) is 11.3. The molecular formula is C22H32N4O2. The van der Waals surface area contributed by atoms with Crippen molar-refractivity contribution in [3.63, 3.8) is 0 Å². The Labute approximate surface area is 167 Å². The molecular weight excluding hydrogens is 352 g/mol. The third kappa shape index (κ3) is 6.22. The van der Waals surface area contributed by atoms with Crippen LogP contribution < -0.4 is 5.32 Å². The van der Waals surface area contributed by atoms with Crippen LogP contribution in [0.25, 0.3) is 0 Å². The molecule has 1 aromatic carbocycles. The van der Waals surface area contributed by atoms with E-state index in [1.165, 1.54) is 0 Å². The number of hydrogen-bond acceptors (Lipinski definition) is 3. The van der Waals surface area contributed by atoms with Crippen LogP contribution in [0.15, 0.2) is 36.4 Å². The zero-order chi connectivity index (χ0) is 20.7. The van der Waals surface area contributed by atoms with Gasteiger partial charge in [0, 0.05) is 25.1 Å². The fourth-order valence-corrected chi connectivity index (χ4v) is 2.83. The van der Waals surface area contributed by atoms with E-state index in [1.807, 2.05) is 36.4 Å². The third-order valence-electron chi connectivity index (χ3n) is 4.58. The van der Waals surface area contributed by atoms with E-state index in [2.05, 4.69) is 38.1 Å². The molecule has 1 heterocycles. The van der Waals surface area contributed by atoms with E-state index < -0.39 is 0 Å². The second-order valence-electron chi connectivity index (χ2n) is 8.17. The fraction of sp³-hybridized carbons (Fsp3) is 0.500. The van der Waals surface area contributed by atoms with Crippen LogP contribution in [0.3, 0.4) is 0 Å². The minimum Gasteiger partial charge on any atom is -0.333 e. The van der Waals surface area contributed by atoms with E-state index in [1.54, 1.807) is 16.6 Å². The first kappa shape index (κ1) is 21.7. The molecule has 0 bridgehead atoms. The Hall–Kier alpha value is -2.63. The van der Waals surface area contributed by atoms with Gasteiger partial charge < -0.3 is 10.2 Å². The Morgan fingerprint density at radius 3 is 2.43 bits per heavy atom. The first-order chi connectivity index (χ1) is 13.2. The molecule has 6 nitrogen and oxygen atoms in total. The second-order valence-corrected chi connectivity index (χ2v) is 8.17. The maximum Gasteiger partial charge on any atom is 0.245 e. The molecule has 0 aliphatic carbocycles. The van der Waals surface area contributed by atoms with Crippen molar-refractivity contribution in [2.75, 3.05) is 18.4 Å². The quantitative estimate of drug-likeness (QED) is 0.757. The Bertz CT molecular complexity index is 791. The van der Waals surface area contributed by atoms with Crippen LogP contribution in [-0.4, -0.2) is 39.6 Å². The van der Waals surface area contributed by atoms with Crippen molar-refractivity contribution in [2.24, 2.45) is 7.05 Å². The number of aryl methyl sites for hydroxylation is 1. The molecule has 0 aliphatic heterocycles. The molecule has 2 rings (SSSR count). The van der Waals surface area contributed by atoms with Crippen LogP contribution in [0.5, 0.6) is 0 Å². The lowest BCUT2D eigenvalue weighted by Crippen LogP contribution is -2.39. The van der Waals surface area contributed by atoms with Crippen LogP contribution in [0, 0.1) is 0 Å². The van der Waals surface area contributed by atoms with Crippen LogP contribution in [0.4, 0.5) is 5.82 Å². The van der Waals surface area contributed by atoms with Gasteiger partial charge in [0.25, 0.3) is 0 Å². The monoisotopic (exact) mass is 384 g/mol. The summed E-state index contributed by atoms with van der Waals surface area (Å²) in [6, 6.07) is 11.5. The van der Waals surface area contributed by atoms with Crippen molar-refractivity contribution in [2.45, 2.75) is 52.4 Å². The van der Waals surface area contributed by atoms with Gasteiger partial charge in [0.1, 0.15) is 5.82 Å². The summed E-state index contributed by atoms with van der Waals surface area (Å²) in [6.45, 7) is 8.93. The number of aromatic nitrogens is 2. The van der Waals surface area contributed by atoms with Crippen LogP contribution >= 0.6 is 0 Å². The van der Waals surface area contributed by atoms with Gasteiger partial charge in [0.15, 0.2) is 0 Å². The number of unbranched alkanes of at least 4 members (excludes halogenated alkanes) is 1. The van der Waals surface area contributed by atoms with Gasteiger partial charge >= 0.3 is 0 Å². The number of nitrogens with zero attached hydrogens (tertiary/aromatic N) is 3. The molecule has 0 aliphatic rings. The molecule has 2 amide bonds. The van der Waals surface area contributed by atoms with Gasteiger partial charge in [-0.25, -0.2) is 0 Å². The molecule has 0 unspecified atom stereocenters. The standard InChI is InChI=1S/C22H32N4O2/c1-6-7-13-26(21(28)14-17-11-9-8-10-12-17)16-20(27)23-19-15-18(22(2,3)4)24-25(19)5/h8-12,15H,6-7,13-14,16H2,1-5H3,(H,23,27). The van der Waals surface area contributed by atoms with Crippen molar-refractivity contribution in [3.05, 3.63) is 47.7 Å². The maximum absolute atomic E-state index is 12.7. The highest BCUT2D eigenvalue weighted by atomic mass is 16.2. The largest absolute Gasteiger partial charge is 0.333 e. The SMILES string of the molecule is CCCCN(CC(=O)Nc1cc(C(C)(C)C)nn1C)C(=O)Cc1ccccc1. The molecule has 1 N–H and O–H groups in total. The van der Waals surface area contributed by atoms with Gasteiger partial charge in [-0.1, -0.05) is 64.4 Å². The molecule has 0 spiro atoms. The van der Waals surface area contributed by atoms with Gasteiger partial charge in [-0.05, 0) is 12.0 Å². The molecule has 0 radical (unpaired) electrons. The molecule has 152 valence electrons. The maximum atomic E-state index is 12.7. The lowest BCUT2D eigenvalue weighted by molar-refractivity contribution is -0.134. The summed E-state index contributed by atoms with van der Waals surface area (Å²) in [7, 11) is 1.81. The summed E-state index contributed by atoms with van der Waals surface area (Å²) in [5, 5.41) is 7.37. The first-order valence-corrected chi connectivity index (χ1v) is 9.86. The number of carbonyl (C=O) groups is 2. The Morgan fingerprint density at radius 2 is 1.86 bits per heavy atom. The lowest BCUT2D eigenvalue weighted by Gasteiger charge is -2.22. The molecule has 6 heteroatoms. The zero-order valence-electron chi connectivity index (χ0n) is 17.7. The van der Waals surface area contributed by atoms with Crippen molar-refractivity contribution in [3.8, 4) is 0 Å².